The smallest absolute Gasteiger partial charge is 0.312 e. The van der Waals surface area contributed by atoms with E-state index in [1.165, 1.54) is 0 Å². The van der Waals surface area contributed by atoms with Gasteiger partial charge in [0.15, 0.2) is 0 Å². The first kappa shape index (κ1) is 15.4. The van der Waals surface area contributed by atoms with Gasteiger partial charge in [-0.1, -0.05) is 6.07 Å². The van der Waals surface area contributed by atoms with E-state index in [4.69, 9.17) is 5.73 Å². The van der Waals surface area contributed by atoms with Crippen LogP contribution in [-0.2, 0) is 4.79 Å². The number of hydrogen-bond acceptors (Lipinski definition) is 3. The summed E-state index contributed by atoms with van der Waals surface area (Å²) in [7, 11) is 0. The predicted molar refractivity (Wildman–Crippen MR) is 78.3 cm³/mol. The van der Waals surface area contributed by atoms with Crippen LogP contribution in [0.15, 0.2) is 29.2 Å². The van der Waals surface area contributed by atoms with Crippen molar-refractivity contribution >= 4 is 29.4 Å². The first-order chi connectivity index (χ1) is 9.11. The van der Waals surface area contributed by atoms with Gasteiger partial charge in [-0.15, -0.1) is 11.8 Å². The van der Waals surface area contributed by atoms with Crippen LogP contribution < -0.4 is 16.4 Å². The Morgan fingerprint density at radius 3 is 2.79 bits per heavy atom. The molecule has 1 rings (SSSR count). The highest BCUT2D eigenvalue weighted by Gasteiger charge is 2.03. The number of urea groups is 1. The monoisotopic (exact) mass is 281 g/mol. The van der Waals surface area contributed by atoms with Crippen molar-refractivity contribution in [3.05, 3.63) is 24.3 Å². The number of rotatable bonds is 7. The topological polar surface area (TPSA) is 84.2 Å². The molecule has 0 fully saturated rings. The van der Waals surface area contributed by atoms with Crippen molar-refractivity contribution in [3.8, 4) is 0 Å². The lowest BCUT2D eigenvalue weighted by molar-refractivity contribution is -0.116. The maximum Gasteiger partial charge on any atom is 0.312 e. The largest absolute Gasteiger partial charge is 0.352 e. The molecule has 0 atom stereocenters. The Bertz CT molecular complexity index is 438. The van der Waals surface area contributed by atoms with Crippen LogP contribution in [0.2, 0.25) is 0 Å². The fraction of sp³-hybridized carbons (Fsp3) is 0.385. The molecule has 0 bridgehead atoms. The average molecular weight is 281 g/mol. The summed E-state index contributed by atoms with van der Waals surface area (Å²) in [5, 5.41) is 5.34. The van der Waals surface area contributed by atoms with Crippen LogP contribution >= 0.6 is 11.8 Å². The van der Waals surface area contributed by atoms with Crippen molar-refractivity contribution in [3.63, 3.8) is 0 Å². The highest BCUT2D eigenvalue weighted by molar-refractivity contribution is 7.98. The van der Waals surface area contributed by atoms with Crippen molar-refractivity contribution in [1.82, 2.24) is 5.32 Å². The summed E-state index contributed by atoms with van der Waals surface area (Å²) >= 11 is 1.63. The molecule has 0 spiro atoms. The summed E-state index contributed by atoms with van der Waals surface area (Å²) < 4.78 is 0. The van der Waals surface area contributed by atoms with Gasteiger partial charge in [0.1, 0.15) is 0 Å². The van der Waals surface area contributed by atoms with Crippen LogP contribution in [0.4, 0.5) is 10.5 Å². The molecule has 0 aromatic heterocycles. The number of carbonyl (C=O) groups excluding carboxylic acids is 2. The second-order valence-corrected chi connectivity index (χ2v) is 4.91. The third kappa shape index (κ3) is 6.71. The number of primary amides is 1. The van der Waals surface area contributed by atoms with Crippen LogP contribution in [0.3, 0.4) is 0 Å². The summed E-state index contributed by atoms with van der Waals surface area (Å²) in [6.07, 6.45) is 3.88. The molecule has 0 heterocycles. The van der Waals surface area contributed by atoms with Gasteiger partial charge in [-0.3, -0.25) is 4.79 Å². The van der Waals surface area contributed by atoms with E-state index < -0.39 is 6.03 Å². The lowest BCUT2D eigenvalue weighted by atomic mass is 10.2. The highest BCUT2D eigenvalue weighted by Crippen LogP contribution is 2.19. The number of carbonyl (C=O) groups is 2. The third-order valence-corrected chi connectivity index (χ3v) is 3.21. The van der Waals surface area contributed by atoms with Gasteiger partial charge >= 0.3 is 6.03 Å². The van der Waals surface area contributed by atoms with Gasteiger partial charge in [0.25, 0.3) is 0 Å². The first-order valence-corrected chi connectivity index (χ1v) is 7.31. The number of benzene rings is 1. The number of anilines is 1. The molecule has 6 heteroatoms. The van der Waals surface area contributed by atoms with E-state index in [9.17, 15) is 9.59 Å². The van der Waals surface area contributed by atoms with E-state index in [1.807, 2.05) is 30.5 Å². The van der Waals surface area contributed by atoms with Gasteiger partial charge in [-0.05, 0) is 37.3 Å². The van der Waals surface area contributed by atoms with Crippen LogP contribution in [0.1, 0.15) is 19.3 Å². The number of hydrogen-bond donors (Lipinski definition) is 3. The molecule has 104 valence electrons. The summed E-state index contributed by atoms with van der Waals surface area (Å²) in [4.78, 5) is 23.2. The minimum absolute atomic E-state index is 0.0164. The van der Waals surface area contributed by atoms with Crippen molar-refractivity contribution in [1.29, 1.82) is 0 Å². The number of nitrogens with one attached hydrogen (secondary N) is 2. The van der Waals surface area contributed by atoms with E-state index in [1.54, 1.807) is 11.8 Å². The van der Waals surface area contributed by atoms with E-state index in [2.05, 4.69) is 10.6 Å². The average Bonchev–Trinajstić information content (AvgIpc) is 2.38. The molecule has 0 aliphatic rings. The summed E-state index contributed by atoms with van der Waals surface area (Å²) in [5.41, 5.74) is 5.74. The van der Waals surface area contributed by atoms with Gasteiger partial charge in [0.2, 0.25) is 5.91 Å². The van der Waals surface area contributed by atoms with E-state index >= 15 is 0 Å². The summed E-state index contributed by atoms with van der Waals surface area (Å²) in [5.74, 6) is -0.0164. The SMILES string of the molecule is CSc1cccc(NC(=O)CCCCNC(N)=O)c1. The van der Waals surface area contributed by atoms with E-state index in [0.29, 0.717) is 19.4 Å². The minimum Gasteiger partial charge on any atom is -0.352 e. The number of thioether (sulfide) groups is 1. The third-order valence-electron chi connectivity index (χ3n) is 2.48. The summed E-state index contributed by atoms with van der Waals surface area (Å²) in [6.45, 7) is 0.505. The Labute approximate surface area is 117 Å². The molecule has 0 saturated carbocycles. The fourth-order valence-electron chi connectivity index (χ4n) is 1.55. The Balaban J connectivity index is 2.25. The van der Waals surface area contributed by atoms with Gasteiger partial charge in [-0.25, -0.2) is 4.79 Å². The molecule has 0 unspecified atom stereocenters. The Kier molecular flexibility index (Phi) is 6.81. The molecule has 19 heavy (non-hydrogen) atoms. The predicted octanol–water partition coefficient (Wildman–Crippen LogP) is 2.19. The second-order valence-electron chi connectivity index (χ2n) is 4.03. The van der Waals surface area contributed by atoms with Gasteiger partial charge < -0.3 is 16.4 Å². The van der Waals surface area contributed by atoms with Crippen molar-refractivity contribution in [2.45, 2.75) is 24.2 Å². The van der Waals surface area contributed by atoms with Crippen LogP contribution in [0.25, 0.3) is 0 Å². The molecular weight excluding hydrogens is 262 g/mol. The quantitative estimate of drug-likeness (QED) is 0.529. The summed E-state index contributed by atoms with van der Waals surface area (Å²) in [6, 6.07) is 7.19. The fourth-order valence-corrected chi connectivity index (χ4v) is 2.01. The lowest BCUT2D eigenvalue weighted by Crippen LogP contribution is -2.30. The maximum atomic E-state index is 11.7. The highest BCUT2D eigenvalue weighted by atomic mass is 32.2. The molecule has 3 amide bonds. The molecule has 0 saturated heterocycles. The molecule has 0 radical (unpaired) electrons. The molecule has 0 aliphatic carbocycles. The van der Waals surface area contributed by atoms with E-state index in [-0.39, 0.29) is 5.91 Å². The van der Waals surface area contributed by atoms with Gasteiger partial charge in [-0.2, -0.15) is 0 Å². The van der Waals surface area contributed by atoms with Crippen LogP contribution in [0.5, 0.6) is 0 Å². The van der Waals surface area contributed by atoms with Crippen molar-refractivity contribution in [2.75, 3.05) is 18.1 Å². The van der Waals surface area contributed by atoms with Crippen molar-refractivity contribution < 1.29 is 9.59 Å². The second kappa shape index (κ2) is 8.42. The standard InChI is InChI=1S/C13H19N3O2S/c1-19-11-6-4-5-10(9-11)16-12(17)7-2-3-8-15-13(14)18/h4-6,9H,2-3,7-8H2,1H3,(H,16,17)(H3,14,15,18). The van der Waals surface area contributed by atoms with E-state index in [0.717, 1.165) is 17.0 Å². The van der Waals surface area contributed by atoms with Crippen molar-refractivity contribution in [2.24, 2.45) is 5.73 Å². The lowest BCUT2D eigenvalue weighted by Gasteiger charge is -2.06. The number of unbranched alkanes of at least 4 members (excludes halogenated alkanes) is 1. The maximum absolute atomic E-state index is 11.7. The molecule has 1 aromatic carbocycles. The normalized spacial score (nSPS) is 9.95. The Morgan fingerprint density at radius 2 is 2.11 bits per heavy atom. The molecule has 0 aliphatic heterocycles. The van der Waals surface area contributed by atoms with Gasteiger partial charge in [0.05, 0.1) is 0 Å². The van der Waals surface area contributed by atoms with Crippen LogP contribution in [0, 0.1) is 0 Å². The number of amides is 3. The zero-order valence-corrected chi connectivity index (χ0v) is 11.8. The van der Waals surface area contributed by atoms with Crippen LogP contribution in [-0.4, -0.2) is 24.7 Å². The van der Waals surface area contributed by atoms with Gasteiger partial charge in [0, 0.05) is 23.5 Å². The first-order valence-electron chi connectivity index (χ1n) is 6.09. The zero-order chi connectivity index (χ0) is 14.1. The zero-order valence-electron chi connectivity index (χ0n) is 10.9. The molecule has 4 N–H and O–H groups in total. The minimum atomic E-state index is -0.529. The molecular formula is C13H19N3O2S. The number of nitrogens with two attached hydrogens (primary N) is 1. The Morgan fingerprint density at radius 1 is 1.32 bits per heavy atom. The molecule has 5 nitrogen and oxygen atoms in total. The molecule has 1 aromatic rings. The Hall–Kier alpha value is -1.69.